The molecule has 2 N–H and O–H groups in total. The van der Waals surface area contributed by atoms with Crippen LogP contribution in [0.15, 0.2) is 0 Å². The highest BCUT2D eigenvalue weighted by atomic mass is 32.1. The number of aryl methyl sites for hydroxylation is 2. The predicted molar refractivity (Wildman–Crippen MR) is 78.8 cm³/mol. The molecule has 100 valence electrons. The van der Waals surface area contributed by atoms with Crippen LogP contribution in [0.25, 0.3) is 0 Å². The summed E-state index contributed by atoms with van der Waals surface area (Å²) in [6.45, 7) is 7.31. The Morgan fingerprint density at radius 1 is 1.39 bits per heavy atom. The monoisotopic (exact) mass is 265 g/mol. The summed E-state index contributed by atoms with van der Waals surface area (Å²) in [7, 11) is 0. The lowest BCUT2D eigenvalue weighted by Crippen LogP contribution is -2.31. The summed E-state index contributed by atoms with van der Waals surface area (Å²) in [4.78, 5) is 5.30. The van der Waals surface area contributed by atoms with Gasteiger partial charge in [0.15, 0.2) is 0 Å². The fraction of sp³-hybridized carbons (Fsp3) is 0.714. The predicted octanol–water partition coefficient (Wildman–Crippen LogP) is 2.77. The molecule has 0 fully saturated rings. The smallest absolute Gasteiger partial charge is 0.106 e. The van der Waals surface area contributed by atoms with Gasteiger partial charge in [0, 0.05) is 17.7 Å². The SMILES string of the molecule is Cc1nc2c(n1CCC(C)(C)C(N)=S)CCCC2. The van der Waals surface area contributed by atoms with Crippen molar-refractivity contribution in [3.8, 4) is 0 Å². The van der Waals surface area contributed by atoms with E-state index in [9.17, 15) is 0 Å². The Morgan fingerprint density at radius 2 is 2.06 bits per heavy atom. The average molecular weight is 265 g/mol. The first-order valence-electron chi connectivity index (χ1n) is 6.76. The van der Waals surface area contributed by atoms with Crippen molar-refractivity contribution in [2.45, 2.75) is 59.4 Å². The number of rotatable bonds is 4. The van der Waals surface area contributed by atoms with Crippen molar-refractivity contribution in [2.75, 3.05) is 0 Å². The highest BCUT2D eigenvalue weighted by molar-refractivity contribution is 7.80. The Morgan fingerprint density at radius 3 is 2.72 bits per heavy atom. The molecular weight excluding hydrogens is 242 g/mol. The lowest BCUT2D eigenvalue weighted by atomic mass is 9.89. The number of aromatic nitrogens is 2. The van der Waals surface area contributed by atoms with E-state index in [1.165, 1.54) is 30.7 Å². The van der Waals surface area contributed by atoms with Gasteiger partial charge in [-0.05, 0) is 39.0 Å². The van der Waals surface area contributed by atoms with Gasteiger partial charge in [0.2, 0.25) is 0 Å². The van der Waals surface area contributed by atoms with Gasteiger partial charge in [-0.1, -0.05) is 26.1 Å². The third-order valence-corrected chi connectivity index (χ3v) is 4.60. The molecule has 18 heavy (non-hydrogen) atoms. The van der Waals surface area contributed by atoms with E-state index >= 15 is 0 Å². The van der Waals surface area contributed by atoms with E-state index in [1.807, 2.05) is 0 Å². The zero-order valence-corrected chi connectivity index (χ0v) is 12.4. The van der Waals surface area contributed by atoms with E-state index in [4.69, 9.17) is 22.9 Å². The lowest BCUT2D eigenvalue weighted by molar-refractivity contribution is 0.424. The Kier molecular flexibility index (Phi) is 3.76. The van der Waals surface area contributed by atoms with Crippen LogP contribution in [0, 0.1) is 12.3 Å². The third-order valence-electron chi connectivity index (χ3n) is 4.05. The molecule has 0 saturated carbocycles. The molecule has 0 spiro atoms. The first-order valence-corrected chi connectivity index (χ1v) is 7.17. The summed E-state index contributed by atoms with van der Waals surface area (Å²) in [5.74, 6) is 1.14. The Balaban J connectivity index is 2.15. The van der Waals surface area contributed by atoms with Crippen LogP contribution in [0.3, 0.4) is 0 Å². The van der Waals surface area contributed by atoms with Gasteiger partial charge in [-0.25, -0.2) is 4.98 Å². The molecule has 2 rings (SSSR count). The van der Waals surface area contributed by atoms with Gasteiger partial charge in [-0.2, -0.15) is 0 Å². The quantitative estimate of drug-likeness (QED) is 0.851. The summed E-state index contributed by atoms with van der Waals surface area (Å²) >= 11 is 5.13. The zero-order chi connectivity index (χ0) is 13.3. The molecule has 0 saturated heterocycles. The Bertz CT molecular complexity index is 460. The van der Waals surface area contributed by atoms with Gasteiger partial charge >= 0.3 is 0 Å². The lowest BCUT2D eigenvalue weighted by Gasteiger charge is -2.24. The van der Waals surface area contributed by atoms with Crippen LogP contribution in [0.4, 0.5) is 0 Å². The van der Waals surface area contributed by atoms with E-state index in [2.05, 4.69) is 25.3 Å². The Labute approximate surface area is 115 Å². The van der Waals surface area contributed by atoms with E-state index in [1.54, 1.807) is 0 Å². The minimum Gasteiger partial charge on any atom is -0.393 e. The molecule has 0 atom stereocenters. The third kappa shape index (κ3) is 2.58. The molecule has 0 aliphatic heterocycles. The van der Waals surface area contributed by atoms with Crippen LogP contribution >= 0.6 is 12.2 Å². The van der Waals surface area contributed by atoms with Gasteiger partial charge in [0.05, 0.1) is 10.7 Å². The summed E-state index contributed by atoms with van der Waals surface area (Å²) in [5.41, 5.74) is 8.47. The number of hydrogen-bond acceptors (Lipinski definition) is 2. The molecule has 0 aromatic carbocycles. The maximum absolute atomic E-state index is 5.79. The Hall–Kier alpha value is -0.900. The first-order chi connectivity index (χ1) is 8.42. The van der Waals surface area contributed by atoms with Gasteiger partial charge in [0.1, 0.15) is 5.82 Å². The second-order valence-corrected chi connectivity index (χ2v) is 6.35. The van der Waals surface area contributed by atoms with Crippen molar-refractivity contribution in [1.29, 1.82) is 0 Å². The molecule has 1 aliphatic carbocycles. The summed E-state index contributed by atoms with van der Waals surface area (Å²) in [6, 6.07) is 0. The van der Waals surface area contributed by atoms with Crippen LogP contribution in [0.1, 0.15) is 50.3 Å². The number of imidazole rings is 1. The summed E-state index contributed by atoms with van der Waals surface area (Å²) in [6.07, 6.45) is 5.86. The largest absolute Gasteiger partial charge is 0.393 e. The fourth-order valence-electron chi connectivity index (χ4n) is 2.55. The molecule has 4 heteroatoms. The molecule has 0 bridgehead atoms. The van der Waals surface area contributed by atoms with Crippen LogP contribution in [-0.4, -0.2) is 14.5 Å². The summed E-state index contributed by atoms with van der Waals surface area (Å²) < 4.78 is 2.37. The topological polar surface area (TPSA) is 43.8 Å². The van der Waals surface area contributed by atoms with Crippen molar-refractivity contribution < 1.29 is 0 Å². The van der Waals surface area contributed by atoms with Crippen LogP contribution < -0.4 is 5.73 Å². The van der Waals surface area contributed by atoms with E-state index < -0.39 is 0 Å². The van der Waals surface area contributed by atoms with E-state index in [-0.39, 0.29) is 5.41 Å². The summed E-state index contributed by atoms with van der Waals surface area (Å²) in [5, 5.41) is 0. The van der Waals surface area contributed by atoms with Crippen LogP contribution in [0.2, 0.25) is 0 Å². The number of hydrogen-bond donors (Lipinski definition) is 1. The van der Waals surface area contributed by atoms with Crippen molar-refractivity contribution in [1.82, 2.24) is 9.55 Å². The average Bonchev–Trinajstić information content (AvgIpc) is 2.62. The number of nitrogens with zero attached hydrogens (tertiary/aromatic N) is 2. The van der Waals surface area contributed by atoms with Gasteiger partial charge in [0.25, 0.3) is 0 Å². The van der Waals surface area contributed by atoms with Gasteiger partial charge < -0.3 is 10.3 Å². The number of fused-ring (bicyclic) bond motifs is 1. The molecular formula is C14H23N3S. The molecule has 0 unspecified atom stereocenters. The maximum Gasteiger partial charge on any atom is 0.106 e. The van der Waals surface area contributed by atoms with Crippen molar-refractivity contribution in [2.24, 2.45) is 11.1 Å². The van der Waals surface area contributed by atoms with E-state index in [0.717, 1.165) is 25.2 Å². The zero-order valence-electron chi connectivity index (χ0n) is 11.6. The molecule has 1 heterocycles. The normalized spacial score (nSPS) is 15.5. The number of nitrogens with two attached hydrogens (primary N) is 1. The van der Waals surface area contributed by atoms with Gasteiger partial charge in [-0.15, -0.1) is 0 Å². The molecule has 1 aromatic heterocycles. The minimum atomic E-state index is -0.0758. The van der Waals surface area contributed by atoms with Crippen LogP contribution in [-0.2, 0) is 19.4 Å². The molecule has 0 amide bonds. The molecule has 0 radical (unpaired) electrons. The standard InChI is InChI=1S/C14H23N3S/c1-10-16-11-6-4-5-7-12(11)17(10)9-8-14(2,3)13(15)18/h4-9H2,1-3H3,(H2,15,18). The fourth-order valence-corrected chi connectivity index (χ4v) is 2.65. The molecule has 1 aliphatic rings. The molecule has 3 nitrogen and oxygen atoms in total. The minimum absolute atomic E-state index is 0.0758. The second-order valence-electron chi connectivity index (χ2n) is 5.91. The van der Waals surface area contributed by atoms with Crippen LogP contribution in [0.5, 0.6) is 0 Å². The highest BCUT2D eigenvalue weighted by Crippen LogP contribution is 2.26. The highest BCUT2D eigenvalue weighted by Gasteiger charge is 2.23. The maximum atomic E-state index is 5.79. The van der Waals surface area contributed by atoms with E-state index in [0.29, 0.717) is 4.99 Å². The second kappa shape index (κ2) is 5.00. The molecule has 1 aromatic rings. The van der Waals surface area contributed by atoms with Gasteiger partial charge in [-0.3, -0.25) is 0 Å². The van der Waals surface area contributed by atoms with Crippen molar-refractivity contribution >= 4 is 17.2 Å². The number of thiocarbonyl (C=S) groups is 1. The van der Waals surface area contributed by atoms with Crippen molar-refractivity contribution in [3.05, 3.63) is 17.2 Å². The first kappa shape index (κ1) is 13.5. The van der Waals surface area contributed by atoms with Crippen molar-refractivity contribution in [3.63, 3.8) is 0 Å².